The molecule has 2 aliphatic heterocycles. The van der Waals surface area contributed by atoms with E-state index in [0.29, 0.717) is 18.3 Å². The summed E-state index contributed by atoms with van der Waals surface area (Å²) in [4.78, 5) is 34.4. The van der Waals surface area contributed by atoms with Crippen LogP contribution < -0.4 is 4.57 Å². The summed E-state index contributed by atoms with van der Waals surface area (Å²) < 4.78 is 1.78. The van der Waals surface area contributed by atoms with Crippen molar-refractivity contribution in [1.82, 2.24) is 14.8 Å². The van der Waals surface area contributed by atoms with Crippen LogP contribution in [0.3, 0.4) is 0 Å². The molecule has 1 N–H and O–H groups in total. The summed E-state index contributed by atoms with van der Waals surface area (Å²) >= 11 is 0. The number of rotatable bonds is 1. The van der Waals surface area contributed by atoms with Gasteiger partial charge in [0.1, 0.15) is 11.9 Å². The fourth-order valence-corrected chi connectivity index (χ4v) is 2.42. The Hall–Kier alpha value is -2.18. The molecule has 7 heteroatoms. The lowest BCUT2D eigenvalue weighted by molar-refractivity contribution is -0.676. The Labute approximate surface area is 104 Å². The Bertz CT molecular complexity index is 588. The van der Waals surface area contributed by atoms with E-state index in [1.807, 2.05) is 13.1 Å². The summed E-state index contributed by atoms with van der Waals surface area (Å²) in [6, 6.07) is -0.840. The number of aliphatic imine (C=N–C) groups is 1. The molecule has 0 radical (unpaired) electrons. The minimum absolute atomic E-state index is 0.220. The quantitative estimate of drug-likeness (QED) is 0.716. The lowest BCUT2D eigenvalue weighted by Crippen LogP contribution is -2.62. The van der Waals surface area contributed by atoms with Crippen LogP contribution in [-0.4, -0.2) is 46.2 Å². The number of hydrogen-bond donors (Lipinski definition) is 1. The predicted molar refractivity (Wildman–Crippen MR) is 62.4 cm³/mol. The number of aromatic amines is 1. The Kier molecular flexibility index (Phi) is 2.07. The number of imidazole rings is 1. The molecule has 2 aliphatic rings. The number of amides is 3. The minimum Gasteiger partial charge on any atom is -0.270 e. The Morgan fingerprint density at radius 1 is 1.50 bits per heavy atom. The second kappa shape index (κ2) is 3.41. The first kappa shape index (κ1) is 10.9. The summed E-state index contributed by atoms with van der Waals surface area (Å²) in [6.45, 7) is 4.06. The van der Waals surface area contributed by atoms with E-state index in [2.05, 4.69) is 9.98 Å². The smallest absolute Gasteiger partial charge is 0.270 e. The number of urea groups is 1. The molecule has 1 aromatic heterocycles. The van der Waals surface area contributed by atoms with Gasteiger partial charge in [-0.2, -0.15) is 0 Å². The van der Waals surface area contributed by atoms with Gasteiger partial charge in [-0.3, -0.25) is 14.6 Å². The van der Waals surface area contributed by atoms with Crippen LogP contribution in [0.5, 0.6) is 0 Å². The van der Waals surface area contributed by atoms with Crippen molar-refractivity contribution in [2.45, 2.75) is 19.9 Å². The van der Waals surface area contributed by atoms with Gasteiger partial charge in [0.25, 0.3) is 5.91 Å². The molecule has 0 bridgehead atoms. The maximum Gasteiger partial charge on any atom is 0.399 e. The van der Waals surface area contributed by atoms with Crippen LogP contribution in [0.2, 0.25) is 0 Å². The van der Waals surface area contributed by atoms with Gasteiger partial charge < -0.3 is 0 Å². The highest BCUT2D eigenvalue weighted by atomic mass is 16.2. The number of hydrogen-bond acceptors (Lipinski definition) is 3. The lowest BCUT2D eigenvalue weighted by atomic mass is 10.1. The van der Waals surface area contributed by atoms with Crippen LogP contribution >= 0.6 is 0 Å². The summed E-state index contributed by atoms with van der Waals surface area (Å²) in [5.41, 5.74) is 0.934. The zero-order valence-corrected chi connectivity index (χ0v) is 10.5. The molecule has 7 nitrogen and oxygen atoms in total. The van der Waals surface area contributed by atoms with Crippen LogP contribution in [-0.2, 0) is 4.79 Å². The van der Waals surface area contributed by atoms with Gasteiger partial charge in [-0.1, -0.05) is 4.99 Å². The third kappa shape index (κ3) is 1.18. The third-order valence-electron chi connectivity index (χ3n) is 3.31. The zero-order chi connectivity index (χ0) is 13.0. The molecule has 1 fully saturated rings. The first-order chi connectivity index (χ1) is 8.54. The van der Waals surface area contributed by atoms with E-state index in [-0.39, 0.29) is 11.9 Å². The minimum atomic E-state index is -0.521. The number of imide groups is 1. The summed E-state index contributed by atoms with van der Waals surface area (Å²) in [5.74, 6) is 0.876. The van der Waals surface area contributed by atoms with E-state index >= 15 is 0 Å². The average Bonchev–Trinajstić information content (AvgIpc) is 2.82. The number of nitrogens with one attached hydrogen (secondary N) is 1. The number of fused-ring (bicyclic) bond motifs is 3. The number of H-pyrrole nitrogens is 1. The number of carbonyl (C=O) groups is 2. The molecule has 1 atom stereocenters. The van der Waals surface area contributed by atoms with E-state index in [1.54, 1.807) is 18.5 Å². The topological polar surface area (TPSA) is 72.7 Å². The highest BCUT2D eigenvalue weighted by Crippen LogP contribution is 2.26. The second-order valence-corrected chi connectivity index (χ2v) is 4.46. The summed E-state index contributed by atoms with van der Waals surface area (Å²) in [6.07, 6.45) is 1.84. The molecule has 1 aromatic rings. The van der Waals surface area contributed by atoms with Gasteiger partial charge in [-0.05, 0) is 13.8 Å². The molecule has 94 valence electrons. The number of carbonyl (C=O) groups excluding carboxylic acids is 2. The van der Waals surface area contributed by atoms with Gasteiger partial charge in [-0.25, -0.2) is 14.3 Å². The highest BCUT2D eigenvalue weighted by Gasteiger charge is 2.51. The van der Waals surface area contributed by atoms with Gasteiger partial charge in [0.2, 0.25) is 11.9 Å². The fraction of sp³-hybridized carbons (Fsp3) is 0.455. The van der Waals surface area contributed by atoms with Crippen molar-refractivity contribution in [3.05, 3.63) is 11.9 Å². The molecule has 3 amide bonds. The summed E-state index contributed by atoms with van der Waals surface area (Å²) in [7, 11) is 1.64. The van der Waals surface area contributed by atoms with Crippen LogP contribution in [0.1, 0.15) is 18.7 Å². The Morgan fingerprint density at radius 3 is 2.89 bits per heavy atom. The molecule has 1 saturated heterocycles. The first-order valence-electron chi connectivity index (χ1n) is 5.83. The largest absolute Gasteiger partial charge is 0.399 e. The van der Waals surface area contributed by atoms with Gasteiger partial charge in [-0.15, -0.1) is 0 Å². The van der Waals surface area contributed by atoms with Crippen LogP contribution in [0.15, 0.2) is 11.2 Å². The number of amidine groups is 1. The van der Waals surface area contributed by atoms with E-state index in [4.69, 9.17) is 0 Å². The normalized spacial score (nSPS) is 22.2. The van der Waals surface area contributed by atoms with Crippen LogP contribution in [0.4, 0.5) is 10.7 Å². The van der Waals surface area contributed by atoms with Gasteiger partial charge in [0.15, 0.2) is 0 Å². The van der Waals surface area contributed by atoms with E-state index in [9.17, 15) is 9.59 Å². The van der Waals surface area contributed by atoms with Crippen LogP contribution in [0.25, 0.3) is 0 Å². The van der Waals surface area contributed by atoms with Crippen molar-refractivity contribution in [1.29, 1.82) is 0 Å². The predicted octanol–water partition coefficient (Wildman–Crippen LogP) is 0.109. The van der Waals surface area contributed by atoms with Gasteiger partial charge >= 0.3 is 12.0 Å². The molecule has 0 saturated carbocycles. The van der Waals surface area contributed by atoms with Crippen molar-refractivity contribution in [3.8, 4) is 0 Å². The molecular formula is C11H14N5O2+. The van der Waals surface area contributed by atoms with E-state index in [1.165, 1.54) is 9.80 Å². The standard InChI is InChI=1S/C11H13N5O2/c1-4-15-9(17)7-8(14(3)11(15)18)13-10-12-6(2)5-16(7)10/h5,7H,4H2,1-3H3/p+1. The number of aryl methyl sites for hydroxylation is 1. The number of aromatic nitrogens is 2. The maximum atomic E-state index is 12.3. The molecule has 0 aromatic carbocycles. The molecule has 3 rings (SSSR count). The zero-order valence-electron chi connectivity index (χ0n) is 10.5. The molecule has 3 heterocycles. The molecule has 18 heavy (non-hydrogen) atoms. The van der Waals surface area contributed by atoms with E-state index < -0.39 is 6.04 Å². The van der Waals surface area contributed by atoms with E-state index in [0.717, 1.165) is 5.69 Å². The molecular weight excluding hydrogens is 234 g/mol. The number of likely N-dealkylation sites (N-methyl/N-ethyl adjacent to an activating group) is 2. The van der Waals surface area contributed by atoms with Crippen LogP contribution in [0, 0.1) is 6.92 Å². The molecule has 0 spiro atoms. The lowest BCUT2D eigenvalue weighted by Gasteiger charge is -2.32. The van der Waals surface area contributed by atoms with Crippen molar-refractivity contribution >= 4 is 23.7 Å². The van der Waals surface area contributed by atoms with Crippen molar-refractivity contribution in [3.63, 3.8) is 0 Å². The molecule has 1 unspecified atom stereocenters. The monoisotopic (exact) mass is 248 g/mol. The fourth-order valence-electron chi connectivity index (χ4n) is 2.42. The van der Waals surface area contributed by atoms with Gasteiger partial charge in [0.05, 0.1) is 0 Å². The highest BCUT2D eigenvalue weighted by molar-refractivity contribution is 6.18. The third-order valence-corrected chi connectivity index (χ3v) is 3.31. The van der Waals surface area contributed by atoms with Crippen molar-refractivity contribution in [2.75, 3.05) is 13.6 Å². The van der Waals surface area contributed by atoms with Crippen molar-refractivity contribution in [2.24, 2.45) is 4.99 Å². The summed E-state index contributed by atoms with van der Waals surface area (Å²) in [5, 5.41) is 0. The Balaban J connectivity index is 2.13. The number of nitrogens with zero attached hydrogens (tertiary/aromatic N) is 4. The second-order valence-electron chi connectivity index (χ2n) is 4.46. The maximum absolute atomic E-state index is 12.3. The SMILES string of the molecule is CCN1C(=O)C2C(=Nc3[nH]c(C)c[n+]32)N(C)C1=O. The molecule has 0 aliphatic carbocycles. The average molecular weight is 248 g/mol. The first-order valence-corrected chi connectivity index (χ1v) is 5.83. The van der Waals surface area contributed by atoms with Crippen molar-refractivity contribution < 1.29 is 14.2 Å². The van der Waals surface area contributed by atoms with Gasteiger partial charge in [0, 0.05) is 13.6 Å². The Morgan fingerprint density at radius 2 is 2.22 bits per heavy atom.